The molecule has 0 radical (unpaired) electrons. The summed E-state index contributed by atoms with van der Waals surface area (Å²) in [6.45, 7) is 1.89. The molecule has 72 valence electrons. The summed E-state index contributed by atoms with van der Waals surface area (Å²) in [5, 5.41) is 30.6. The largest absolute Gasteiger partial charge is 0.395 e. The molecule has 0 saturated carbocycles. The highest BCUT2D eigenvalue weighted by molar-refractivity contribution is 4.97. The number of rotatable bonds is 3. The smallest absolute Gasteiger partial charge is 0.0989 e. The number of aliphatic hydroxyl groups excluding tert-OH is 3. The first kappa shape index (κ1) is 9.92. The van der Waals surface area contributed by atoms with E-state index >= 15 is 0 Å². The topological polar surface area (TPSA) is 72.7 Å². The normalized spacial score (nSPS) is 42.0. The minimum absolute atomic E-state index is 0.0675. The number of hydrogen-bond donors (Lipinski definition) is 4. The Kier molecular flexibility index (Phi) is 3.46. The van der Waals surface area contributed by atoms with Crippen LogP contribution in [0.2, 0.25) is 0 Å². The van der Waals surface area contributed by atoms with Crippen molar-refractivity contribution in [1.82, 2.24) is 5.32 Å². The van der Waals surface area contributed by atoms with Crippen molar-refractivity contribution >= 4 is 0 Å². The lowest BCUT2D eigenvalue weighted by atomic mass is 10.1. The lowest BCUT2D eigenvalue weighted by Gasteiger charge is -2.14. The molecule has 0 aromatic heterocycles. The van der Waals surface area contributed by atoms with Gasteiger partial charge in [-0.05, 0) is 6.42 Å². The lowest BCUT2D eigenvalue weighted by molar-refractivity contribution is 0.0188. The van der Waals surface area contributed by atoms with E-state index in [0.717, 1.165) is 12.8 Å². The Bertz CT molecular complexity index is 142. The molecule has 0 aliphatic carbocycles. The maximum absolute atomic E-state index is 9.47. The van der Waals surface area contributed by atoms with Crippen molar-refractivity contribution in [2.45, 2.75) is 44.1 Å². The zero-order valence-corrected chi connectivity index (χ0v) is 7.27. The Hall–Kier alpha value is -0.160. The summed E-state index contributed by atoms with van der Waals surface area (Å²) in [7, 11) is 0. The van der Waals surface area contributed by atoms with Gasteiger partial charge in [-0.2, -0.15) is 0 Å². The molecule has 4 heteroatoms. The molecule has 1 fully saturated rings. The van der Waals surface area contributed by atoms with Gasteiger partial charge in [-0.3, -0.25) is 0 Å². The number of hydrogen-bond acceptors (Lipinski definition) is 4. The Morgan fingerprint density at radius 3 is 2.17 bits per heavy atom. The molecule has 1 rings (SSSR count). The zero-order valence-electron chi connectivity index (χ0n) is 7.27. The van der Waals surface area contributed by atoms with Crippen LogP contribution in [0.15, 0.2) is 0 Å². The van der Waals surface area contributed by atoms with Crippen LogP contribution in [0.3, 0.4) is 0 Å². The van der Waals surface area contributed by atoms with Crippen LogP contribution in [-0.4, -0.2) is 46.2 Å². The minimum Gasteiger partial charge on any atom is -0.395 e. The van der Waals surface area contributed by atoms with E-state index in [0.29, 0.717) is 0 Å². The summed E-state index contributed by atoms with van der Waals surface area (Å²) in [5.74, 6) is 0. The van der Waals surface area contributed by atoms with Crippen LogP contribution in [0.25, 0.3) is 0 Å². The molecular formula is C8H17NO3. The van der Waals surface area contributed by atoms with E-state index < -0.39 is 12.2 Å². The average Bonchev–Trinajstić information content (AvgIpc) is 2.33. The molecule has 0 aromatic carbocycles. The van der Waals surface area contributed by atoms with Gasteiger partial charge >= 0.3 is 0 Å². The van der Waals surface area contributed by atoms with Crippen LogP contribution < -0.4 is 5.32 Å². The van der Waals surface area contributed by atoms with Crippen molar-refractivity contribution in [1.29, 1.82) is 0 Å². The Morgan fingerprint density at radius 1 is 1.17 bits per heavy atom. The fraction of sp³-hybridized carbons (Fsp3) is 1.00. The van der Waals surface area contributed by atoms with Crippen LogP contribution in [0, 0.1) is 0 Å². The first-order valence-corrected chi connectivity index (χ1v) is 4.43. The molecule has 1 aliphatic rings. The highest BCUT2D eigenvalue weighted by atomic mass is 16.3. The highest BCUT2D eigenvalue weighted by Gasteiger charge is 2.39. The summed E-state index contributed by atoms with van der Waals surface area (Å²) in [5.41, 5.74) is 0. The highest BCUT2D eigenvalue weighted by Crippen LogP contribution is 2.17. The van der Waals surface area contributed by atoms with Gasteiger partial charge in [0.2, 0.25) is 0 Å². The van der Waals surface area contributed by atoms with Gasteiger partial charge < -0.3 is 20.6 Å². The predicted octanol–water partition coefficient (Wildman–Crippen LogP) is -1.16. The van der Waals surface area contributed by atoms with Crippen molar-refractivity contribution in [3.8, 4) is 0 Å². The standard InChI is InChI=1S/C8H17NO3/c1-2-3-5-7(11)8(12)6(4-10)9-5/h5-12H,2-4H2,1H3/t5-,6+,7-,8-/m1/s1. The van der Waals surface area contributed by atoms with Crippen molar-refractivity contribution < 1.29 is 15.3 Å². The van der Waals surface area contributed by atoms with Gasteiger partial charge in [0.25, 0.3) is 0 Å². The molecule has 0 unspecified atom stereocenters. The number of aliphatic hydroxyl groups is 3. The first-order chi connectivity index (χ1) is 5.70. The molecule has 4 N–H and O–H groups in total. The molecule has 1 saturated heterocycles. The van der Waals surface area contributed by atoms with Crippen LogP contribution in [0.5, 0.6) is 0 Å². The molecule has 4 nitrogen and oxygen atoms in total. The van der Waals surface area contributed by atoms with E-state index in [1.807, 2.05) is 6.92 Å². The van der Waals surface area contributed by atoms with Gasteiger partial charge in [0.05, 0.1) is 24.9 Å². The van der Waals surface area contributed by atoms with Crippen LogP contribution in [-0.2, 0) is 0 Å². The SMILES string of the molecule is CCC[C@H]1N[C@@H](CO)[C@@H](O)[C@@H]1O. The van der Waals surface area contributed by atoms with Crippen LogP contribution in [0.4, 0.5) is 0 Å². The van der Waals surface area contributed by atoms with E-state index in [9.17, 15) is 10.2 Å². The van der Waals surface area contributed by atoms with Crippen molar-refractivity contribution in [2.75, 3.05) is 6.61 Å². The van der Waals surface area contributed by atoms with E-state index in [1.165, 1.54) is 0 Å². The minimum atomic E-state index is -0.827. The van der Waals surface area contributed by atoms with Crippen LogP contribution >= 0.6 is 0 Å². The predicted molar refractivity (Wildman–Crippen MR) is 44.7 cm³/mol. The van der Waals surface area contributed by atoms with Crippen molar-refractivity contribution in [3.05, 3.63) is 0 Å². The van der Waals surface area contributed by atoms with Gasteiger partial charge in [-0.15, -0.1) is 0 Å². The second-order valence-electron chi connectivity index (χ2n) is 3.33. The van der Waals surface area contributed by atoms with Crippen LogP contribution in [0.1, 0.15) is 19.8 Å². The molecule has 4 atom stereocenters. The molecule has 0 amide bonds. The van der Waals surface area contributed by atoms with Gasteiger partial charge in [-0.25, -0.2) is 0 Å². The lowest BCUT2D eigenvalue weighted by Crippen LogP contribution is -2.36. The van der Waals surface area contributed by atoms with Gasteiger partial charge in [0.15, 0.2) is 0 Å². The third kappa shape index (κ3) is 1.77. The molecule has 1 heterocycles. The van der Waals surface area contributed by atoms with Crippen molar-refractivity contribution in [2.24, 2.45) is 0 Å². The molecule has 1 aliphatic heterocycles. The summed E-state index contributed by atoms with van der Waals surface area (Å²) in [4.78, 5) is 0. The quantitative estimate of drug-likeness (QED) is 0.436. The van der Waals surface area contributed by atoms with E-state index in [-0.39, 0.29) is 18.7 Å². The first-order valence-electron chi connectivity index (χ1n) is 4.43. The molecular weight excluding hydrogens is 158 g/mol. The Morgan fingerprint density at radius 2 is 1.75 bits per heavy atom. The van der Waals surface area contributed by atoms with E-state index in [2.05, 4.69) is 5.32 Å². The van der Waals surface area contributed by atoms with E-state index in [1.54, 1.807) is 0 Å². The fourth-order valence-electron chi connectivity index (χ4n) is 1.67. The molecule has 0 spiro atoms. The van der Waals surface area contributed by atoms with Gasteiger partial charge in [0.1, 0.15) is 0 Å². The Balaban J connectivity index is 2.48. The van der Waals surface area contributed by atoms with E-state index in [4.69, 9.17) is 5.11 Å². The second kappa shape index (κ2) is 4.18. The maximum Gasteiger partial charge on any atom is 0.0989 e. The molecule has 0 aromatic rings. The molecule has 12 heavy (non-hydrogen) atoms. The monoisotopic (exact) mass is 175 g/mol. The van der Waals surface area contributed by atoms with Gasteiger partial charge in [0, 0.05) is 6.04 Å². The zero-order chi connectivity index (χ0) is 9.14. The second-order valence-corrected chi connectivity index (χ2v) is 3.33. The third-order valence-corrected chi connectivity index (χ3v) is 2.40. The maximum atomic E-state index is 9.47. The fourth-order valence-corrected chi connectivity index (χ4v) is 1.67. The summed E-state index contributed by atoms with van der Waals surface area (Å²) < 4.78 is 0. The summed E-state index contributed by atoms with van der Waals surface area (Å²) >= 11 is 0. The van der Waals surface area contributed by atoms with Gasteiger partial charge in [-0.1, -0.05) is 13.3 Å². The van der Waals surface area contributed by atoms with Crippen molar-refractivity contribution in [3.63, 3.8) is 0 Å². The molecule has 0 bridgehead atoms. The summed E-state index contributed by atoms with van der Waals surface area (Å²) in [6.07, 6.45) is 0.225. The Labute approximate surface area is 72.2 Å². The summed E-state index contributed by atoms with van der Waals surface area (Å²) in [6, 6.07) is -0.432. The average molecular weight is 175 g/mol. The number of nitrogens with one attached hydrogen (secondary N) is 1. The third-order valence-electron chi connectivity index (χ3n) is 2.40.